The number of nitrogens with zero attached hydrogens (tertiary/aromatic N) is 1. The Morgan fingerprint density at radius 1 is 1.17 bits per heavy atom. The summed E-state index contributed by atoms with van der Waals surface area (Å²) in [6.07, 6.45) is -5.26. The topological polar surface area (TPSA) is 50.7 Å². The van der Waals surface area contributed by atoms with Gasteiger partial charge in [-0.05, 0) is 36.2 Å². The molecule has 0 saturated carbocycles. The first-order valence-electron chi connectivity index (χ1n) is 8.67. The summed E-state index contributed by atoms with van der Waals surface area (Å²) >= 11 is 11.8. The van der Waals surface area contributed by atoms with Crippen molar-refractivity contribution in [1.82, 2.24) is 5.32 Å². The summed E-state index contributed by atoms with van der Waals surface area (Å²) in [5, 5.41) is 6.62. The van der Waals surface area contributed by atoms with Gasteiger partial charge in [-0.1, -0.05) is 52.6 Å². The van der Waals surface area contributed by atoms with Gasteiger partial charge in [-0.25, -0.2) is 0 Å². The molecule has 154 valence electrons. The van der Waals surface area contributed by atoms with E-state index in [1.54, 1.807) is 24.3 Å². The SMILES string of the molecule is CC(=O)N[C@@H](C)c1ccc(C2=NOC(c3cc(Cl)cc(Cl)c3)(C(F)(F)F)C2)cc1. The van der Waals surface area contributed by atoms with E-state index in [4.69, 9.17) is 28.0 Å². The van der Waals surface area contributed by atoms with Crippen molar-refractivity contribution in [3.8, 4) is 0 Å². The number of hydrogen-bond donors (Lipinski definition) is 1. The molecule has 1 aliphatic rings. The number of alkyl halides is 3. The van der Waals surface area contributed by atoms with Crippen molar-refractivity contribution in [1.29, 1.82) is 0 Å². The summed E-state index contributed by atoms with van der Waals surface area (Å²) in [7, 11) is 0. The molecule has 1 heterocycles. The zero-order valence-corrected chi connectivity index (χ0v) is 17.0. The van der Waals surface area contributed by atoms with Crippen molar-refractivity contribution in [3.05, 3.63) is 69.2 Å². The second-order valence-corrected chi connectivity index (χ2v) is 7.71. The summed E-state index contributed by atoms with van der Waals surface area (Å²) in [5.74, 6) is -0.176. The highest BCUT2D eigenvalue weighted by Crippen LogP contribution is 2.49. The number of rotatable bonds is 4. The Morgan fingerprint density at radius 2 is 1.76 bits per heavy atom. The molecule has 0 bridgehead atoms. The molecule has 0 saturated heterocycles. The van der Waals surface area contributed by atoms with Gasteiger partial charge in [0.25, 0.3) is 5.60 Å². The maximum Gasteiger partial charge on any atom is 0.435 e. The highest BCUT2D eigenvalue weighted by atomic mass is 35.5. The van der Waals surface area contributed by atoms with Gasteiger partial charge in [0.2, 0.25) is 5.91 Å². The molecular weight excluding hydrogens is 428 g/mol. The van der Waals surface area contributed by atoms with Crippen LogP contribution in [0.2, 0.25) is 10.0 Å². The van der Waals surface area contributed by atoms with Crippen LogP contribution < -0.4 is 5.32 Å². The maximum absolute atomic E-state index is 14.0. The minimum atomic E-state index is -4.74. The Labute approximate surface area is 175 Å². The zero-order chi connectivity index (χ0) is 21.4. The number of oxime groups is 1. The van der Waals surface area contributed by atoms with Gasteiger partial charge in [0.1, 0.15) is 0 Å². The summed E-state index contributed by atoms with van der Waals surface area (Å²) in [6, 6.07) is 10.2. The number of carbonyl (C=O) groups excluding carboxylic acids is 1. The van der Waals surface area contributed by atoms with E-state index in [9.17, 15) is 18.0 Å². The van der Waals surface area contributed by atoms with Crippen molar-refractivity contribution in [2.45, 2.75) is 38.1 Å². The lowest BCUT2D eigenvalue weighted by atomic mass is 9.86. The lowest BCUT2D eigenvalue weighted by Crippen LogP contribution is -2.42. The first kappa shape index (κ1) is 21.5. The largest absolute Gasteiger partial charge is 0.435 e. The van der Waals surface area contributed by atoms with E-state index < -0.39 is 18.2 Å². The number of carbonyl (C=O) groups is 1. The van der Waals surface area contributed by atoms with Crippen LogP contribution in [0.4, 0.5) is 13.2 Å². The third kappa shape index (κ3) is 4.36. The second-order valence-electron chi connectivity index (χ2n) is 6.83. The van der Waals surface area contributed by atoms with E-state index in [0.29, 0.717) is 5.56 Å². The molecule has 3 rings (SSSR count). The Balaban J connectivity index is 1.90. The molecule has 0 fully saturated rings. The van der Waals surface area contributed by atoms with Gasteiger partial charge in [-0.3, -0.25) is 4.79 Å². The zero-order valence-electron chi connectivity index (χ0n) is 15.5. The third-order valence-electron chi connectivity index (χ3n) is 4.68. The minimum absolute atomic E-state index is 0.0736. The first-order chi connectivity index (χ1) is 13.5. The van der Waals surface area contributed by atoms with Crippen molar-refractivity contribution >= 4 is 34.8 Å². The number of nitrogens with one attached hydrogen (secondary N) is 1. The third-order valence-corrected chi connectivity index (χ3v) is 5.11. The van der Waals surface area contributed by atoms with Gasteiger partial charge in [0, 0.05) is 29.0 Å². The molecule has 1 amide bonds. The maximum atomic E-state index is 14.0. The number of benzene rings is 2. The average molecular weight is 445 g/mol. The van der Waals surface area contributed by atoms with Crippen molar-refractivity contribution in [2.24, 2.45) is 5.16 Å². The summed E-state index contributed by atoms with van der Waals surface area (Å²) < 4.78 is 42.1. The fourth-order valence-electron chi connectivity index (χ4n) is 3.20. The normalized spacial score (nSPS) is 20.0. The molecule has 4 nitrogen and oxygen atoms in total. The Morgan fingerprint density at radius 3 is 2.28 bits per heavy atom. The molecule has 1 unspecified atom stereocenters. The van der Waals surface area contributed by atoms with E-state index in [1.165, 1.54) is 25.1 Å². The van der Waals surface area contributed by atoms with Crippen molar-refractivity contribution in [2.75, 3.05) is 0 Å². The van der Waals surface area contributed by atoms with Crippen LogP contribution in [-0.4, -0.2) is 17.8 Å². The van der Waals surface area contributed by atoms with E-state index in [-0.39, 0.29) is 33.3 Å². The molecule has 2 aromatic carbocycles. The van der Waals surface area contributed by atoms with Gasteiger partial charge < -0.3 is 10.2 Å². The molecule has 2 atom stereocenters. The lowest BCUT2D eigenvalue weighted by molar-refractivity contribution is -0.275. The van der Waals surface area contributed by atoms with Crippen LogP contribution in [0.1, 0.15) is 43.0 Å². The van der Waals surface area contributed by atoms with Crippen molar-refractivity contribution in [3.63, 3.8) is 0 Å². The van der Waals surface area contributed by atoms with Crippen LogP contribution in [0.25, 0.3) is 0 Å². The first-order valence-corrected chi connectivity index (χ1v) is 9.43. The van der Waals surface area contributed by atoms with E-state index >= 15 is 0 Å². The lowest BCUT2D eigenvalue weighted by Gasteiger charge is -2.29. The molecule has 2 aromatic rings. The molecule has 29 heavy (non-hydrogen) atoms. The van der Waals surface area contributed by atoms with Crippen LogP contribution in [-0.2, 0) is 15.2 Å². The summed E-state index contributed by atoms with van der Waals surface area (Å²) in [6.45, 7) is 3.22. The van der Waals surface area contributed by atoms with Gasteiger partial charge in [0.05, 0.1) is 11.8 Å². The number of halogens is 5. The van der Waals surface area contributed by atoms with E-state index in [2.05, 4.69) is 10.5 Å². The van der Waals surface area contributed by atoms with E-state index in [0.717, 1.165) is 5.56 Å². The molecule has 0 aliphatic carbocycles. The standard InChI is InChI=1S/C20H17Cl2F3N2O2/c1-11(26-12(2)28)13-3-5-14(6-4-13)18-10-19(29-27-18,20(23,24)25)15-7-16(21)9-17(22)8-15/h3-9,11H,10H2,1-2H3,(H,26,28)/t11-,19?/m0/s1. The molecule has 1 N–H and O–H groups in total. The molecule has 1 aliphatic heterocycles. The summed E-state index contributed by atoms with van der Waals surface area (Å²) in [5.41, 5.74) is -1.43. The number of hydrogen-bond acceptors (Lipinski definition) is 3. The fraction of sp³-hybridized carbons (Fsp3) is 0.300. The van der Waals surface area contributed by atoms with Crippen molar-refractivity contribution < 1.29 is 22.8 Å². The summed E-state index contributed by atoms with van der Waals surface area (Å²) in [4.78, 5) is 16.2. The van der Waals surface area contributed by atoms with Crippen LogP contribution in [0.5, 0.6) is 0 Å². The van der Waals surface area contributed by atoms with Crippen LogP contribution in [0.3, 0.4) is 0 Å². The predicted molar refractivity (Wildman–Crippen MR) is 105 cm³/mol. The Bertz CT molecular complexity index is 941. The average Bonchev–Trinajstić information content (AvgIpc) is 3.07. The smallest absolute Gasteiger partial charge is 0.374 e. The second kappa shape index (κ2) is 7.88. The van der Waals surface area contributed by atoms with Gasteiger partial charge in [0.15, 0.2) is 0 Å². The van der Waals surface area contributed by atoms with E-state index in [1.807, 2.05) is 6.92 Å². The fourth-order valence-corrected chi connectivity index (χ4v) is 3.72. The Kier molecular flexibility index (Phi) is 5.83. The van der Waals surface area contributed by atoms with Gasteiger partial charge in [-0.2, -0.15) is 13.2 Å². The number of amides is 1. The molecular formula is C20H17Cl2F3N2O2. The van der Waals surface area contributed by atoms with Gasteiger partial charge in [-0.15, -0.1) is 0 Å². The van der Waals surface area contributed by atoms with Gasteiger partial charge >= 0.3 is 6.18 Å². The van der Waals surface area contributed by atoms with Crippen LogP contribution >= 0.6 is 23.2 Å². The highest BCUT2D eigenvalue weighted by molar-refractivity contribution is 6.34. The van der Waals surface area contributed by atoms with Crippen LogP contribution in [0, 0.1) is 0 Å². The molecule has 0 radical (unpaired) electrons. The quantitative estimate of drug-likeness (QED) is 0.650. The predicted octanol–water partition coefficient (Wildman–Crippen LogP) is 5.77. The molecule has 9 heteroatoms. The monoisotopic (exact) mass is 444 g/mol. The molecule has 0 spiro atoms. The Hall–Kier alpha value is -2.25. The minimum Gasteiger partial charge on any atom is -0.374 e. The highest BCUT2D eigenvalue weighted by Gasteiger charge is 2.62. The molecule has 0 aromatic heterocycles. The van der Waals surface area contributed by atoms with Crippen LogP contribution in [0.15, 0.2) is 47.6 Å².